The quantitative estimate of drug-likeness (QED) is 0.814. The average Bonchev–Trinajstić information content (AvgIpc) is 2.48. The van der Waals surface area contributed by atoms with Gasteiger partial charge in [-0.15, -0.1) is 0 Å². The lowest BCUT2D eigenvalue weighted by Gasteiger charge is -2.13. The molecule has 2 aromatic carbocycles. The molecule has 0 fully saturated rings. The van der Waals surface area contributed by atoms with Crippen LogP contribution in [0.1, 0.15) is 29.8 Å². The van der Waals surface area contributed by atoms with Gasteiger partial charge in [0.1, 0.15) is 0 Å². The predicted molar refractivity (Wildman–Crippen MR) is 89.8 cm³/mol. The van der Waals surface area contributed by atoms with Crippen LogP contribution in [0.5, 0.6) is 0 Å². The summed E-state index contributed by atoms with van der Waals surface area (Å²) in [6.45, 7) is 3.56. The van der Waals surface area contributed by atoms with Gasteiger partial charge in [-0.1, -0.05) is 49.2 Å². The summed E-state index contributed by atoms with van der Waals surface area (Å²) in [7, 11) is 0. The maximum Gasteiger partial charge on any atom is 0.226 e. The van der Waals surface area contributed by atoms with E-state index in [2.05, 4.69) is 5.32 Å². The Morgan fingerprint density at radius 3 is 2.32 bits per heavy atom. The number of benzene rings is 2. The number of nitrogens with one attached hydrogen (secondary N) is 1. The van der Waals surface area contributed by atoms with E-state index in [1.54, 1.807) is 50.2 Å². The molecule has 0 bridgehead atoms. The van der Waals surface area contributed by atoms with Gasteiger partial charge in [-0.05, 0) is 30.3 Å². The van der Waals surface area contributed by atoms with Gasteiger partial charge in [0, 0.05) is 22.1 Å². The Kier molecular flexibility index (Phi) is 5.22. The molecular weight excluding hydrogens is 321 g/mol. The van der Waals surface area contributed by atoms with Crippen LogP contribution in [-0.4, -0.2) is 11.7 Å². The highest BCUT2D eigenvalue weighted by Crippen LogP contribution is 2.26. The Hall–Kier alpha value is -1.84. The molecule has 5 heteroatoms. The van der Waals surface area contributed by atoms with Gasteiger partial charge >= 0.3 is 0 Å². The topological polar surface area (TPSA) is 46.2 Å². The molecule has 0 saturated carbocycles. The number of hydrogen-bond acceptors (Lipinski definition) is 2. The van der Waals surface area contributed by atoms with Crippen LogP contribution in [0.4, 0.5) is 5.69 Å². The number of ketones is 1. The highest BCUT2D eigenvalue weighted by Gasteiger charge is 2.18. The molecule has 0 heterocycles. The van der Waals surface area contributed by atoms with E-state index in [0.717, 1.165) is 0 Å². The third-order valence-electron chi connectivity index (χ3n) is 3.13. The molecule has 0 saturated heterocycles. The predicted octanol–water partition coefficient (Wildman–Crippen LogP) is 4.82. The largest absolute Gasteiger partial charge is 0.325 e. The summed E-state index contributed by atoms with van der Waals surface area (Å²) >= 11 is 12.1. The molecule has 114 valence electrons. The first kappa shape index (κ1) is 16.5. The van der Waals surface area contributed by atoms with Gasteiger partial charge in [0.25, 0.3) is 0 Å². The number of carbonyl (C=O) groups is 2. The summed E-state index contributed by atoms with van der Waals surface area (Å²) in [5.41, 5.74) is 1.11. The molecule has 0 unspecified atom stereocenters. The van der Waals surface area contributed by atoms with Crippen molar-refractivity contribution < 1.29 is 9.59 Å². The molecule has 0 radical (unpaired) electrons. The van der Waals surface area contributed by atoms with E-state index < -0.39 is 0 Å². The van der Waals surface area contributed by atoms with Gasteiger partial charge in [0.2, 0.25) is 5.91 Å². The van der Waals surface area contributed by atoms with Gasteiger partial charge < -0.3 is 5.32 Å². The van der Waals surface area contributed by atoms with Crippen molar-refractivity contribution in [3.05, 3.63) is 63.6 Å². The van der Waals surface area contributed by atoms with Crippen LogP contribution in [0.3, 0.4) is 0 Å². The van der Waals surface area contributed by atoms with E-state index in [1.807, 2.05) is 0 Å². The normalized spacial score (nSPS) is 10.6. The van der Waals surface area contributed by atoms with E-state index in [9.17, 15) is 9.59 Å². The Labute approximate surface area is 139 Å². The van der Waals surface area contributed by atoms with Gasteiger partial charge in [-0.3, -0.25) is 9.59 Å². The van der Waals surface area contributed by atoms with Crippen LogP contribution in [0.25, 0.3) is 0 Å². The van der Waals surface area contributed by atoms with Crippen molar-refractivity contribution in [2.45, 2.75) is 13.8 Å². The second kappa shape index (κ2) is 6.95. The smallest absolute Gasteiger partial charge is 0.226 e. The van der Waals surface area contributed by atoms with Crippen molar-refractivity contribution in [2.75, 3.05) is 5.32 Å². The molecule has 1 amide bonds. The molecule has 0 aliphatic heterocycles. The number of carbonyl (C=O) groups excluding carboxylic acids is 2. The Morgan fingerprint density at radius 2 is 1.68 bits per heavy atom. The fourth-order valence-electron chi connectivity index (χ4n) is 1.88. The van der Waals surface area contributed by atoms with Crippen LogP contribution < -0.4 is 5.32 Å². The van der Waals surface area contributed by atoms with E-state index in [-0.39, 0.29) is 17.6 Å². The van der Waals surface area contributed by atoms with Crippen LogP contribution in [0.2, 0.25) is 10.0 Å². The molecule has 0 spiro atoms. The zero-order valence-corrected chi connectivity index (χ0v) is 13.7. The van der Waals surface area contributed by atoms with Crippen molar-refractivity contribution >= 4 is 40.6 Å². The standard InChI is InChI=1S/C17H15Cl2NO2/c1-10(2)17(22)20-15-8-7-11(18)9-13(15)16(21)12-5-3-4-6-14(12)19/h3-10H,1-2H3,(H,20,22). The lowest BCUT2D eigenvalue weighted by atomic mass is 10.0. The summed E-state index contributed by atoms with van der Waals surface area (Å²) in [4.78, 5) is 24.6. The second-order valence-corrected chi connectivity index (χ2v) is 5.99. The lowest BCUT2D eigenvalue weighted by molar-refractivity contribution is -0.118. The molecule has 3 nitrogen and oxygen atoms in total. The second-order valence-electron chi connectivity index (χ2n) is 5.14. The zero-order chi connectivity index (χ0) is 16.3. The number of halogens is 2. The highest BCUT2D eigenvalue weighted by atomic mass is 35.5. The third kappa shape index (κ3) is 3.67. The Balaban J connectivity index is 2.45. The fraction of sp³-hybridized carbons (Fsp3) is 0.176. The molecule has 0 aliphatic carbocycles. The van der Waals surface area contributed by atoms with Crippen molar-refractivity contribution in [1.29, 1.82) is 0 Å². The van der Waals surface area contributed by atoms with E-state index >= 15 is 0 Å². The first-order valence-corrected chi connectivity index (χ1v) is 7.55. The van der Waals surface area contributed by atoms with Gasteiger partial charge in [0.05, 0.1) is 10.7 Å². The van der Waals surface area contributed by atoms with Crippen LogP contribution in [0, 0.1) is 5.92 Å². The first-order valence-electron chi connectivity index (χ1n) is 6.79. The molecule has 0 aromatic heterocycles. The van der Waals surface area contributed by atoms with Gasteiger partial charge in [-0.2, -0.15) is 0 Å². The van der Waals surface area contributed by atoms with Crippen molar-refractivity contribution in [1.82, 2.24) is 0 Å². The summed E-state index contributed by atoms with van der Waals surface area (Å²) in [5, 5.41) is 3.52. The van der Waals surface area contributed by atoms with Crippen LogP contribution in [0.15, 0.2) is 42.5 Å². The van der Waals surface area contributed by atoms with Crippen LogP contribution in [-0.2, 0) is 4.79 Å². The van der Waals surface area contributed by atoms with Gasteiger partial charge in [-0.25, -0.2) is 0 Å². The maximum absolute atomic E-state index is 12.7. The minimum absolute atomic E-state index is 0.171. The number of anilines is 1. The van der Waals surface area contributed by atoms with E-state index in [4.69, 9.17) is 23.2 Å². The molecule has 1 N–H and O–H groups in total. The summed E-state index contributed by atoms with van der Waals surface area (Å²) < 4.78 is 0. The molecule has 2 rings (SSSR count). The van der Waals surface area contributed by atoms with E-state index in [0.29, 0.717) is 26.9 Å². The minimum atomic E-state index is -0.285. The number of rotatable bonds is 4. The molecule has 22 heavy (non-hydrogen) atoms. The van der Waals surface area contributed by atoms with Gasteiger partial charge in [0.15, 0.2) is 5.78 Å². The Morgan fingerprint density at radius 1 is 1.00 bits per heavy atom. The Bertz CT molecular complexity index is 726. The fourth-order valence-corrected chi connectivity index (χ4v) is 2.27. The van der Waals surface area contributed by atoms with Crippen LogP contribution >= 0.6 is 23.2 Å². The number of hydrogen-bond donors (Lipinski definition) is 1. The summed E-state index contributed by atoms with van der Waals surface area (Å²) in [6.07, 6.45) is 0. The molecule has 0 atom stereocenters. The molecular formula is C17H15Cl2NO2. The third-order valence-corrected chi connectivity index (χ3v) is 3.69. The maximum atomic E-state index is 12.7. The van der Waals surface area contributed by atoms with Crippen molar-refractivity contribution in [3.8, 4) is 0 Å². The molecule has 2 aromatic rings. The number of amides is 1. The zero-order valence-electron chi connectivity index (χ0n) is 12.2. The van der Waals surface area contributed by atoms with Crippen molar-refractivity contribution in [3.63, 3.8) is 0 Å². The summed E-state index contributed by atoms with van der Waals surface area (Å²) in [6, 6.07) is 11.5. The van der Waals surface area contributed by atoms with Crippen molar-refractivity contribution in [2.24, 2.45) is 5.92 Å². The first-order chi connectivity index (χ1) is 10.4. The lowest BCUT2D eigenvalue weighted by Crippen LogP contribution is -2.19. The average molecular weight is 336 g/mol. The summed E-state index contributed by atoms with van der Waals surface area (Å²) in [5.74, 6) is -0.651. The minimum Gasteiger partial charge on any atom is -0.325 e. The molecule has 0 aliphatic rings. The SMILES string of the molecule is CC(C)C(=O)Nc1ccc(Cl)cc1C(=O)c1ccccc1Cl. The van der Waals surface area contributed by atoms with E-state index in [1.165, 1.54) is 6.07 Å². The monoisotopic (exact) mass is 335 g/mol. The highest BCUT2D eigenvalue weighted by molar-refractivity contribution is 6.36.